The summed E-state index contributed by atoms with van der Waals surface area (Å²) in [6.45, 7) is 0.722. The van der Waals surface area contributed by atoms with Crippen LogP contribution in [0.2, 0.25) is 0 Å². The summed E-state index contributed by atoms with van der Waals surface area (Å²) in [5, 5.41) is 0. The molecule has 70 valence electrons. The van der Waals surface area contributed by atoms with E-state index in [0.717, 1.165) is 16.9 Å². The van der Waals surface area contributed by atoms with Crippen molar-refractivity contribution in [1.29, 1.82) is 0 Å². The lowest BCUT2D eigenvalue weighted by Crippen LogP contribution is -2.13. The molecule has 0 saturated carbocycles. The Bertz CT molecular complexity index is 446. The smallest absolute Gasteiger partial charge is 0.338 e. The molecular formula is C11H8O3. The molecule has 0 amide bonds. The van der Waals surface area contributed by atoms with Crippen LogP contribution in [0, 0.1) is 0 Å². The Hall–Kier alpha value is -1.77. The van der Waals surface area contributed by atoms with Crippen molar-refractivity contribution >= 4 is 11.5 Å². The van der Waals surface area contributed by atoms with E-state index in [1.165, 1.54) is 0 Å². The predicted octanol–water partition coefficient (Wildman–Crippen LogP) is 1.39. The number of benzene rings is 1. The second-order valence-corrected chi connectivity index (χ2v) is 3.32. The topological polar surface area (TPSA) is 35.5 Å². The average molecular weight is 188 g/mol. The fourth-order valence-corrected chi connectivity index (χ4v) is 1.81. The fraction of sp³-hybridized carbons (Fsp3) is 0.182. The van der Waals surface area contributed by atoms with Crippen LogP contribution >= 0.6 is 0 Å². The molecule has 0 aliphatic carbocycles. The second-order valence-electron chi connectivity index (χ2n) is 3.32. The van der Waals surface area contributed by atoms with Gasteiger partial charge >= 0.3 is 5.97 Å². The largest absolute Gasteiger partial charge is 0.488 e. The lowest BCUT2D eigenvalue weighted by Gasteiger charge is -2.16. The van der Waals surface area contributed by atoms with E-state index in [4.69, 9.17) is 9.47 Å². The fourth-order valence-electron chi connectivity index (χ4n) is 1.81. The molecule has 1 aromatic rings. The van der Waals surface area contributed by atoms with E-state index in [-0.39, 0.29) is 5.97 Å². The average Bonchev–Trinajstić information content (AvgIpc) is 2.61. The van der Waals surface area contributed by atoms with Crippen molar-refractivity contribution in [3.05, 3.63) is 35.4 Å². The van der Waals surface area contributed by atoms with Crippen molar-refractivity contribution in [2.45, 2.75) is 0 Å². The lowest BCUT2D eigenvalue weighted by atomic mass is 9.99. The molecule has 0 atom stereocenters. The Kier molecular flexibility index (Phi) is 1.42. The highest BCUT2D eigenvalue weighted by Crippen LogP contribution is 2.36. The van der Waals surface area contributed by atoms with Gasteiger partial charge in [0.15, 0.2) is 0 Å². The molecule has 0 N–H and O–H groups in total. The van der Waals surface area contributed by atoms with Gasteiger partial charge in [-0.3, -0.25) is 0 Å². The molecule has 2 aliphatic heterocycles. The normalized spacial score (nSPS) is 18.4. The third-order valence-corrected chi connectivity index (χ3v) is 2.54. The number of ether oxygens (including phenoxy) is 2. The van der Waals surface area contributed by atoms with Crippen LogP contribution in [0.1, 0.15) is 5.56 Å². The van der Waals surface area contributed by atoms with Crippen molar-refractivity contribution in [2.75, 3.05) is 13.2 Å². The number of carbonyl (C=O) groups excluding carboxylic acids is 1. The molecule has 0 bridgehead atoms. The Labute approximate surface area is 80.9 Å². The van der Waals surface area contributed by atoms with E-state index in [9.17, 15) is 4.79 Å². The number of fused-ring (bicyclic) bond motifs is 2. The Balaban J connectivity index is 2.21. The molecule has 0 radical (unpaired) electrons. The van der Waals surface area contributed by atoms with Crippen molar-refractivity contribution in [3.63, 3.8) is 0 Å². The minimum absolute atomic E-state index is 0.241. The Morgan fingerprint density at radius 2 is 1.79 bits per heavy atom. The number of rotatable bonds is 0. The summed E-state index contributed by atoms with van der Waals surface area (Å²) in [6, 6.07) is 7.71. The molecular weight excluding hydrogens is 180 g/mol. The van der Waals surface area contributed by atoms with Gasteiger partial charge in [-0.1, -0.05) is 18.2 Å². The van der Waals surface area contributed by atoms with Crippen LogP contribution in [0.15, 0.2) is 29.8 Å². The number of esters is 1. The van der Waals surface area contributed by atoms with Gasteiger partial charge in [0, 0.05) is 11.1 Å². The minimum atomic E-state index is -0.241. The van der Waals surface area contributed by atoms with Crippen molar-refractivity contribution < 1.29 is 14.3 Å². The van der Waals surface area contributed by atoms with Crippen LogP contribution in [0.4, 0.5) is 0 Å². The van der Waals surface area contributed by atoms with Gasteiger partial charge in [-0.25, -0.2) is 4.79 Å². The Morgan fingerprint density at radius 1 is 1.00 bits per heavy atom. The second kappa shape index (κ2) is 2.61. The SMILES string of the molecule is O=C1OCC2=C1COc1ccccc12. The summed E-state index contributed by atoms with van der Waals surface area (Å²) in [5.41, 5.74) is 2.64. The molecule has 0 fully saturated rings. The third-order valence-electron chi connectivity index (χ3n) is 2.54. The lowest BCUT2D eigenvalue weighted by molar-refractivity contribution is -0.136. The van der Waals surface area contributed by atoms with E-state index in [1.54, 1.807) is 0 Å². The number of hydrogen-bond acceptors (Lipinski definition) is 3. The summed E-state index contributed by atoms with van der Waals surface area (Å²) < 4.78 is 10.4. The van der Waals surface area contributed by atoms with Gasteiger partial charge in [-0.15, -0.1) is 0 Å². The molecule has 0 unspecified atom stereocenters. The summed E-state index contributed by atoms with van der Waals surface area (Å²) in [6.07, 6.45) is 0. The van der Waals surface area contributed by atoms with Gasteiger partial charge in [-0.2, -0.15) is 0 Å². The van der Waals surface area contributed by atoms with E-state index >= 15 is 0 Å². The maximum absolute atomic E-state index is 11.3. The maximum Gasteiger partial charge on any atom is 0.338 e. The number of carbonyl (C=O) groups is 1. The van der Waals surface area contributed by atoms with Gasteiger partial charge in [0.1, 0.15) is 19.0 Å². The van der Waals surface area contributed by atoms with Crippen molar-refractivity contribution in [1.82, 2.24) is 0 Å². The molecule has 3 heteroatoms. The summed E-state index contributed by atoms with van der Waals surface area (Å²) in [5.74, 6) is 0.596. The van der Waals surface area contributed by atoms with Crippen LogP contribution in [-0.2, 0) is 9.53 Å². The summed E-state index contributed by atoms with van der Waals surface area (Å²) >= 11 is 0. The van der Waals surface area contributed by atoms with E-state index in [2.05, 4.69) is 0 Å². The zero-order valence-corrected chi connectivity index (χ0v) is 7.45. The number of hydrogen-bond donors (Lipinski definition) is 0. The first-order chi connectivity index (χ1) is 6.86. The first-order valence-corrected chi connectivity index (χ1v) is 4.47. The molecule has 2 aliphatic rings. The Morgan fingerprint density at radius 3 is 2.71 bits per heavy atom. The first-order valence-electron chi connectivity index (χ1n) is 4.47. The van der Waals surface area contributed by atoms with Crippen LogP contribution in [0.3, 0.4) is 0 Å². The zero-order valence-electron chi connectivity index (χ0n) is 7.45. The van der Waals surface area contributed by atoms with E-state index in [0.29, 0.717) is 18.8 Å². The summed E-state index contributed by atoms with van der Waals surface area (Å²) in [7, 11) is 0. The highest BCUT2D eigenvalue weighted by Gasteiger charge is 2.30. The minimum Gasteiger partial charge on any atom is -0.488 e. The van der Waals surface area contributed by atoms with E-state index in [1.807, 2.05) is 24.3 Å². The quantitative estimate of drug-likeness (QED) is 0.577. The standard InChI is InChI=1S/C11H8O3/c12-11-9-6-13-10-4-2-1-3-7(10)8(9)5-14-11/h1-4H,5-6H2. The molecule has 14 heavy (non-hydrogen) atoms. The molecule has 0 aromatic heterocycles. The van der Waals surface area contributed by atoms with Gasteiger partial charge in [-0.05, 0) is 6.07 Å². The zero-order chi connectivity index (χ0) is 9.54. The van der Waals surface area contributed by atoms with Gasteiger partial charge < -0.3 is 9.47 Å². The van der Waals surface area contributed by atoms with E-state index < -0.39 is 0 Å². The molecule has 3 rings (SSSR count). The van der Waals surface area contributed by atoms with Crippen LogP contribution in [0.25, 0.3) is 5.57 Å². The van der Waals surface area contributed by atoms with Gasteiger partial charge in [0.05, 0.1) is 5.57 Å². The predicted molar refractivity (Wildman–Crippen MR) is 49.8 cm³/mol. The molecule has 2 heterocycles. The van der Waals surface area contributed by atoms with Gasteiger partial charge in [0.25, 0.3) is 0 Å². The van der Waals surface area contributed by atoms with Crippen LogP contribution < -0.4 is 4.74 Å². The highest BCUT2D eigenvalue weighted by atomic mass is 16.5. The van der Waals surface area contributed by atoms with Crippen molar-refractivity contribution in [3.8, 4) is 5.75 Å². The van der Waals surface area contributed by atoms with Gasteiger partial charge in [0.2, 0.25) is 0 Å². The monoisotopic (exact) mass is 188 g/mol. The molecule has 0 saturated heterocycles. The molecule has 0 spiro atoms. The third kappa shape index (κ3) is 0.894. The first kappa shape index (κ1) is 7.62. The van der Waals surface area contributed by atoms with Crippen LogP contribution in [0.5, 0.6) is 5.75 Å². The molecule has 3 nitrogen and oxygen atoms in total. The van der Waals surface area contributed by atoms with Crippen LogP contribution in [-0.4, -0.2) is 19.2 Å². The molecule has 1 aromatic carbocycles. The van der Waals surface area contributed by atoms with Crippen molar-refractivity contribution in [2.24, 2.45) is 0 Å². The number of para-hydroxylation sites is 1. The summed E-state index contributed by atoms with van der Waals surface area (Å²) in [4.78, 5) is 11.3. The number of cyclic esters (lactones) is 1. The highest BCUT2D eigenvalue weighted by molar-refractivity contribution is 6.03. The maximum atomic E-state index is 11.3.